The minimum atomic E-state index is 0.216. The Morgan fingerprint density at radius 1 is 1.10 bits per heavy atom. The first-order valence-electron chi connectivity index (χ1n) is 6.74. The zero-order valence-electron chi connectivity index (χ0n) is 11.3. The molecule has 3 rings (SSSR count). The van der Waals surface area contributed by atoms with Crippen LogP contribution in [-0.2, 0) is 0 Å². The molecule has 0 bridgehead atoms. The van der Waals surface area contributed by atoms with Crippen molar-refractivity contribution < 1.29 is 0 Å². The van der Waals surface area contributed by atoms with E-state index in [1.165, 1.54) is 16.5 Å². The molecule has 3 aromatic rings. The first-order valence-corrected chi connectivity index (χ1v) is 8.06. The smallest absolute Gasteiger partial charge is 0.0590 e. The molecule has 0 aliphatic carbocycles. The molecular formula is C17H16ClNS. The predicted octanol–water partition coefficient (Wildman–Crippen LogP) is 5.25. The highest BCUT2D eigenvalue weighted by Crippen LogP contribution is 2.33. The van der Waals surface area contributed by atoms with Crippen LogP contribution in [0.4, 0.5) is 0 Å². The summed E-state index contributed by atoms with van der Waals surface area (Å²) in [5.41, 5.74) is 2.59. The van der Waals surface area contributed by atoms with Crippen LogP contribution >= 0.6 is 22.9 Å². The van der Waals surface area contributed by atoms with Gasteiger partial charge in [0.25, 0.3) is 0 Å². The average molecular weight is 302 g/mol. The van der Waals surface area contributed by atoms with Crippen LogP contribution in [0.5, 0.6) is 0 Å². The number of nitrogens with one attached hydrogen (secondary N) is 1. The second-order valence-corrected chi connectivity index (χ2v) is 5.92. The van der Waals surface area contributed by atoms with E-state index < -0.39 is 0 Å². The summed E-state index contributed by atoms with van der Waals surface area (Å²) >= 11 is 8.05. The highest BCUT2D eigenvalue weighted by molar-refractivity contribution is 7.08. The van der Waals surface area contributed by atoms with Crippen molar-refractivity contribution in [3.05, 3.63) is 69.4 Å². The summed E-state index contributed by atoms with van der Waals surface area (Å²) in [6, 6.07) is 14.9. The van der Waals surface area contributed by atoms with Gasteiger partial charge in [0, 0.05) is 10.4 Å². The summed E-state index contributed by atoms with van der Waals surface area (Å²) in [5.74, 6) is 0. The molecule has 2 aromatic carbocycles. The maximum atomic E-state index is 6.32. The lowest BCUT2D eigenvalue weighted by Gasteiger charge is -2.20. The van der Waals surface area contributed by atoms with Crippen molar-refractivity contribution in [3.63, 3.8) is 0 Å². The third kappa shape index (κ3) is 2.47. The number of hydrogen-bond acceptors (Lipinski definition) is 2. The van der Waals surface area contributed by atoms with Gasteiger partial charge >= 0.3 is 0 Å². The average Bonchev–Trinajstić information content (AvgIpc) is 3.00. The van der Waals surface area contributed by atoms with Crippen molar-refractivity contribution in [1.82, 2.24) is 5.32 Å². The Balaban J connectivity index is 2.19. The van der Waals surface area contributed by atoms with Crippen LogP contribution in [0.2, 0.25) is 5.02 Å². The van der Waals surface area contributed by atoms with Gasteiger partial charge in [-0.05, 0) is 46.0 Å². The molecule has 0 aliphatic heterocycles. The van der Waals surface area contributed by atoms with Crippen molar-refractivity contribution in [1.29, 1.82) is 0 Å². The maximum Gasteiger partial charge on any atom is 0.0590 e. The molecule has 102 valence electrons. The molecule has 3 heteroatoms. The van der Waals surface area contributed by atoms with Crippen molar-refractivity contribution in [3.8, 4) is 0 Å². The van der Waals surface area contributed by atoms with Crippen LogP contribution in [0.3, 0.4) is 0 Å². The molecule has 0 saturated carbocycles. The summed E-state index contributed by atoms with van der Waals surface area (Å²) in [4.78, 5) is 0. The maximum absolute atomic E-state index is 6.32. The minimum Gasteiger partial charge on any atom is -0.306 e. The van der Waals surface area contributed by atoms with E-state index in [9.17, 15) is 0 Å². The van der Waals surface area contributed by atoms with E-state index in [0.717, 1.165) is 17.0 Å². The fraction of sp³-hybridized carbons (Fsp3) is 0.176. The van der Waals surface area contributed by atoms with E-state index in [-0.39, 0.29) is 6.04 Å². The fourth-order valence-corrected chi connectivity index (χ4v) is 3.50. The molecule has 1 atom stereocenters. The summed E-state index contributed by atoms with van der Waals surface area (Å²) in [6.45, 7) is 3.06. The van der Waals surface area contributed by atoms with E-state index in [1.807, 2.05) is 12.1 Å². The third-order valence-corrected chi connectivity index (χ3v) is 4.53. The van der Waals surface area contributed by atoms with E-state index in [0.29, 0.717) is 0 Å². The normalized spacial score (nSPS) is 12.7. The Morgan fingerprint density at radius 2 is 1.90 bits per heavy atom. The highest BCUT2D eigenvalue weighted by Gasteiger charge is 2.16. The Hall–Kier alpha value is -1.35. The van der Waals surface area contributed by atoms with Gasteiger partial charge in [-0.3, -0.25) is 0 Å². The fourth-order valence-electron chi connectivity index (χ4n) is 2.59. The predicted molar refractivity (Wildman–Crippen MR) is 88.8 cm³/mol. The van der Waals surface area contributed by atoms with Crippen LogP contribution < -0.4 is 5.32 Å². The molecule has 0 spiro atoms. The molecule has 1 N–H and O–H groups in total. The summed E-state index contributed by atoms with van der Waals surface area (Å²) in [6.07, 6.45) is 0. The van der Waals surface area contributed by atoms with Gasteiger partial charge in [0.15, 0.2) is 0 Å². The zero-order chi connectivity index (χ0) is 13.9. The van der Waals surface area contributed by atoms with E-state index >= 15 is 0 Å². The van der Waals surface area contributed by atoms with Gasteiger partial charge in [0.2, 0.25) is 0 Å². The van der Waals surface area contributed by atoms with Crippen molar-refractivity contribution in [2.45, 2.75) is 13.0 Å². The van der Waals surface area contributed by atoms with Gasteiger partial charge in [-0.15, -0.1) is 0 Å². The Morgan fingerprint density at radius 3 is 2.60 bits per heavy atom. The lowest BCUT2D eigenvalue weighted by atomic mass is 9.95. The van der Waals surface area contributed by atoms with Gasteiger partial charge < -0.3 is 5.32 Å². The quantitative estimate of drug-likeness (QED) is 0.693. The van der Waals surface area contributed by atoms with Gasteiger partial charge in [0.05, 0.1) is 6.04 Å². The van der Waals surface area contributed by atoms with Gasteiger partial charge in [-0.1, -0.05) is 48.9 Å². The molecule has 1 unspecified atom stereocenters. The summed E-state index contributed by atoms with van der Waals surface area (Å²) in [7, 11) is 0. The number of halogens is 1. The molecule has 0 aliphatic rings. The lowest BCUT2D eigenvalue weighted by Crippen LogP contribution is -2.21. The minimum absolute atomic E-state index is 0.216. The van der Waals surface area contributed by atoms with E-state index in [1.54, 1.807) is 11.3 Å². The second kappa shape index (κ2) is 5.96. The monoisotopic (exact) mass is 301 g/mol. The highest BCUT2D eigenvalue weighted by atomic mass is 35.5. The topological polar surface area (TPSA) is 12.0 Å². The number of thiophene rings is 1. The number of fused-ring (bicyclic) bond motifs is 1. The molecule has 1 aromatic heterocycles. The van der Waals surface area contributed by atoms with Crippen LogP contribution in [-0.4, -0.2) is 6.54 Å². The molecule has 0 radical (unpaired) electrons. The van der Waals surface area contributed by atoms with Crippen molar-refractivity contribution in [2.75, 3.05) is 6.54 Å². The third-order valence-electron chi connectivity index (χ3n) is 3.50. The molecular weight excluding hydrogens is 286 g/mol. The van der Waals surface area contributed by atoms with Crippen molar-refractivity contribution in [2.24, 2.45) is 0 Å². The van der Waals surface area contributed by atoms with Crippen LogP contribution in [0.1, 0.15) is 24.1 Å². The van der Waals surface area contributed by atoms with Gasteiger partial charge in [-0.2, -0.15) is 11.3 Å². The number of benzene rings is 2. The molecule has 20 heavy (non-hydrogen) atoms. The van der Waals surface area contributed by atoms with Crippen LogP contribution in [0, 0.1) is 0 Å². The standard InChI is InChI=1S/C17H16ClNS/c1-2-19-17(12-9-10-20-11-12)15-7-8-16(18)14-6-4-3-5-13(14)15/h3-11,17,19H,2H2,1H3. The first-order chi connectivity index (χ1) is 9.81. The second-order valence-electron chi connectivity index (χ2n) is 4.73. The zero-order valence-corrected chi connectivity index (χ0v) is 12.8. The first kappa shape index (κ1) is 13.6. The largest absolute Gasteiger partial charge is 0.306 e. The molecule has 0 saturated heterocycles. The van der Waals surface area contributed by atoms with Crippen LogP contribution in [0.25, 0.3) is 10.8 Å². The molecule has 0 amide bonds. The van der Waals surface area contributed by atoms with Gasteiger partial charge in [-0.25, -0.2) is 0 Å². The summed E-state index contributed by atoms with van der Waals surface area (Å²) in [5, 5.41) is 11.0. The molecule has 0 fully saturated rings. The van der Waals surface area contributed by atoms with Crippen LogP contribution in [0.15, 0.2) is 53.2 Å². The van der Waals surface area contributed by atoms with Gasteiger partial charge in [0.1, 0.15) is 0 Å². The molecule has 1 nitrogen and oxygen atoms in total. The van der Waals surface area contributed by atoms with E-state index in [4.69, 9.17) is 11.6 Å². The van der Waals surface area contributed by atoms with E-state index in [2.05, 4.69) is 53.3 Å². The Kier molecular flexibility index (Phi) is 4.06. The lowest BCUT2D eigenvalue weighted by molar-refractivity contribution is 0.636. The number of hydrogen-bond donors (Lipinski definition) is 1. The molecule has 1 heterocycles. The number of rotatable bonds is 4. The Bertz CT molecular complexity index is 706. The van der Waals surface area contributed by atoms with Crippen molar-refractivity contribution >= 4 is 33.7 Å². The Labute approximate surface area is 128 Å². The SMILES string of the molecule is CCNC(c1ccsc1)c1ccc(Cl)c2ccccc12. The summed E-state index contributed by atoms with van der Waals surface area (Å²) < 4.78 is 0.